The molecular weight excluding hydrogens is 252 g/mol. The highest BCUT2D eigenvalue weighted by molar-refractivity contribution is 5.54. The summed E-state index contributed by atoms with van der Waals surface area (Å²) in [6.07, 6.45) is 12.4. The zero-order valence-electron chi connectivity index (χ0n) is 11.7. The van der Waals surface area contributed by atoms with Gasteiger partial charge in [-0.2, -0.15) is 0 Å². The van der Waals surface area contributed by atoms with Gasteiger partial charge in [0.25, 0.3) is 0 Å². The van der Waals surface area contributed by atoms with Gasteiger partial charge >= 0.3 is 0 Å². The third-order valence-electron chi connectivity index (χ3n) is 3.83. The maximum absolute atomic E-state index is 10.3. The van der Waals surface area contributed by atoms with E-state index < -0.39 is 0 Å². The standard InChI is InChI=1S/C17H21O3/c18-11-7-3-1-2-4-8-13-12-16(19)14-9-5-6-10-15(14)17(13)20/h2,4,12,19-20H,1,3,5-10H2. The molecule has 0 unspecified atom stereocenters. The molecule has 0 saturated carbocycles. The lowest BCUT2D eigenvalue weighted by molar-refractivity contribution is 0.435. The zero-order valence-corrected chi connectivity index (χ0v) is 11.7. The number of carbonyl (C=O) groups excluding carboxylic acids is 1. The molecule has 0 amide bonds. The quantitative estimate of drug-likeness (QED) is 0.475. The third-order valence-corrected chi connectivity index (χ3v) is 3.83. The number of hydrogen-bond donors (Lipinski definition) is 2. The number of aromatic hydroxyl groups is 2. The minimum absolute atomic E-state index is 0.316. The average molecular weight is 273 g/mol. The van der Waals surface area contributed by atoms with Crippen molar-refractivity contribution in [1.29, 1.82) is 0 Å². The highest BCUT2D eigenvalue weighted by Gasteiger charge is 2.19. The first-order valence-corrected chi connectivity index (χ1v) is 7.29. The molecule has 3 heteroatoms. The van der Waals surface area contributed by atoms with Gasteiger partial charge in [-0.25, -0.2) is 0 Å². The van der Waals surface area contributed by atoms with Crippen LogP contribution in [0.25, 0.3) is 0 Å². The molecular formula is C17H21O3. The molecule has 0 aromatic heterocycles. The molecule has 0 bridgehead atoms. The van der Waals surface area contributed by atoms with Crippen molar-refractivity contribution in [1.82, 2.24) is 0 Å². The van der Waals surface area contributed by atoms with E-state index in [1.54, 1.807) is 6.07 Å². The highest BCUT2D eigenvalue weighted by Crippen LogP contribution is 2.38. The first-order chi connectivity index (χ1) is 9.74. The number of phenols is 2. The Morgan fingerprint density at radius 1 is 1.15 bits per heavy atom. The number of unbranched alkanes of at least 4 members (excludes halogenated alkanes) is 2. The van der Waals surface area contributed by atoms with E-state index in [2.05, 4.69) is 0 Å². The Bertz CT molecular complexity index is 503. The number of allylic oxidation sites excluding steroid dienone is 2. The van der Waals surface area contributed by atoms with Gasteiger partial charge in [0.2, 0.25) is 0 Å². The molecule has 3 nitrogen and oxygen atoms in total. The summed E-state index contributed by atoms with van der Waals surface area (Å²) in [7, 11) is 0. The Balaban J connectivity index is 2.05. The van der Waals surface area contributed by atoms with E-state index in [1.807, 2.05) is 18.4 Å². The minimum Gasteiger partial charge on any atom is -0.508 e. The number of rotatable bonds is 6. The summed E-state index contributed by atoms with van der Waals surface area (Å²) in [4.78, 5) is 10.1. The first-order valence-electron chi connectivity index (χ1n) is 7.29. The maximum atomic E-state index is 10.3. The molecule has 0 fully saturated rings. The lowest BCUT2D eigenvalue weighted by atomic mass is 9.88. The van der Waals surface area contributed by atoms with Gasteiger partial charge in [-0.3, -0.25) is 4.79 Å². The van der Waals surface area contributed by atoms with Gasteiger partial charge in [0.05, 0.1) is 0 Å². The summed E-state index contributed by atoms with van der Waals surface area (Å²) in [5.41, 5.74) is 2.62. The molecule has 2 rings (SSSR count). The molecule has 2 N–H and O–H groups in total. The van der Waals surface area contributed by atoms with Crippen molar-refractivity contribution in [2.75, 3.05) is 0 Å². The molecule has 1 aromatic rings. The van der Waals surface area contributed by atoms with Gasteiger partial charge in [-0.1, -0.05) is 12.2 Å². The van der Waals surface area contributed by atoms with Gasteiger partial charge in [0, 0.05) is 23.1 Å². The first kappa shape index (κ1) is 14.6. The summed E-state index contributed by atoms with van der Waals surface area (Å²) >= 11 is 0. The highest BCUT2D eigenvalue weighted by atomic mass is 16.3. The zero-order chi connectivity index (χ0) is 14.4. The second-order valence-electron chi connectivity index (χ2n) is 5.28. The van der Waals surface area contributed by atoms with Crippen molar-refractivity contribution < 1.29 is 15.0 Å². The van der Waals surface area contributed by atoms with Crippen LogP contribution >= 0.6 is 0 Å². The predicted molar refractivity (Wildman–Crippen MR) is 78.8 cm³/mol. The molecule has 0 saturated heterocycles. The third kappa shape index (κ3) is 3.41. The van der Waals surface area contributed by atoms with Crippen LogP contribution in [0.3, 0.4) is 0 Å². The molecule has 0 atom stereocenters. The van der Waals surface area contributed by atoms with Crippen LogP contribution in [-0.4, -0.2) is 16.5 Å². The van der Waals surface area contributed by atoms with Gasteiger partial charge in [0.1, 0.15) is 11.5 Å². The van der Waals surface area contributed by atoms with Gasteiger partial charge in [0.15, 0.2) is 6.29 Å². The molecule has 0 heterocycles. The summed E-state index contributed by atoms with van der Waals surface area (Å²) in [6.45, 7) is 0. The van der Waals surface area contributed by atoms with E-state index in [-0.39, 0.29) is 0 Å². The number of phenolic OH excluding ortho intramolecular Hbond substituents is 2. The molecule has 1 aliphatic rings. The van der Waals surface area contributed by atoms with E-state index in [0.29, 0.717) is 24.3 Å². The van der Waals surface area contributed by atoms with Crippen LogP contribution in [0.1, 0.15) is 48.8 Å². The van der Waals surface area contributed by atoms with Crippen LogP contribution in [0.15, 0.2) is 18.2 Å². The van der Waals surface area contributed by atoms with Crippen molar-refractivity contribution >= 4 is 6.29 Å². The molecule has 0 aliphatic heterocycles. The monoisotopic (exact) mass is 273 g/mol. The Morgan fingerprint density at radius 3 is 2.65 bits per heavy atom. The fraction of sp³-hybridized carbons (Fsp3) is 0.471. The Morgan fingerprint density at radius 2 is 1.90 bits per heavy atom. The van der Waals surface area contributed by atoms with Crippen molar-refractivity contribution in [3.8, 4) is 11.5 Å². The Hall–Kier alpha value is -1.77. The largest absolute Gasteiger partial charge is 0.508 e. The van der Waals surface area contributed by atoms with E-state index in [4.69, 9.17) is 0 Å². The molecule has 1 radical (unpaired) electrons. The van der Waals surface area contributed by atoms with Gasteiger partial charge in [-0.15, -0.1) is 0 Å². The second-order valence-corrected chi connectivity index (χ2v) is 5.28. The number of benzene rings is 1. The summed E-state index contributed by atoms with van der Waals surface area (Å²) in [5, 5.41) is 20.4. The van der Waals surface area contributed by atoms with Crippen LogP contribution in [0.4, 0.5) is 0 Å². The fourth-order valence-corrected chi connectivity index (χ4v) is 2.74. The molecule has 107 valence electrons. The van der Waals surface area contributed by atoms with Crippen molar-refractivity contribution in [3.05, 3.63) is 34.9 Å². The van der Waals surface area contributed by atoms with Crippen LogP contribution in [-0.2, 0) is 24.1 Å². The molecule has 1 aromatic carbocycles. The van der Waals surface area contributed by atoms with E-state index in [0.717, 1.165) is 55.2 Å². The van der Waals surface area contributed by atoms with Crippen molar-refractivity contribution in [2.45, 2.75) is 51.4 Å². The summed E-state index contributed by atoms with van der Waals surface area (Å²) in [5.74, 6) is 0.667. The molecule has 20 heavy (non-hydrogen) atoms. The van der Waals surface area contributed by atoms with Gasteiger partial charge in [-0.05, 0) is 51.0 Å². The van der Waals surface area contributed by atoms with E-state index in [9.17, 15) is 15.0 Å². The average Bonchev–Trinajstić information content (AvgIpc) is 2.47. The predicted octanol–water partition coefficient (Wildman–Crippen LogP) is 3.36. The van der Waals surface area contributed by atoms with E-state index >= 15 is 0 Å². The topological polar surface area (TPSA) is 57.5 Å². The van der Waals surface area contributed by atoms with Crippen LogP contribution < -0.4 is 0 Å². The van der Waals surface area contributed by atoms with Crippen molar-refractivity contribution in [2.24, 2.45) is 0 Å². The fourth-order valence-electron chi connectivity index (χ4n) is 2.74. The lowest BCUT2D eigenvalue weighted by Crippen LogP contribution is -2.04. The maximum Gasteiger partial charge on any atom is 0.198 e. The van der Waals surface area contributed by atoms with Crippen LogP contribution in [0, 0.1) is 0 Å². The Kier molecular flexibility index (Phi) is 5.22. The number of hydrogen-bond acceptors (Lipinski definition) is 3. The summed E-state index contributed by atoms with van der Waals surface area (Å²) in [6, 6.07) is 1.68. The SMILES string of the molecule is O=[C]CCCC=CCc1cc(O)c2c(c1O)CCCC2. The normalized spacial score (nSPS) is 14.4. The number of fused-ring (bicyclic) bond motifs is 1. The van der Waals surface area contributed by atoms with Crippen LogP contribution in [0.2, 0.25) is 0 Å². The lowest BCUT2D eigenvalue weighted by Gasteiger charge is -2.20. The van der Waals surface area contributed by atoms with Crippen LogP contribution in [0.5, 0.6) is 11.5 Å². The van der Waals surface area contributed by atoms with Gasteiger partial charge < -0.3 is 10.2 Å². The molecule has 1 aliphatic carbocycles. The van der Waals surface area contributed by atoms with Crippen molar-refractivity contribution in [3.63, 3.8) is 0 Å². The van der Waals surface area contributed by atoms with E-state index in [1.165, 1.54) is 0 Å². The summed E-state index contributed by atoms with van der Waals surface area (Å²) < 4.78 is 0. The second kappa shape index (κ2) is 7.13. The molecule has 0 spiro atoms. The smallest absolute Gasteiger partial charge is 0.198 e. The Labute approximate surface area is 120 Å². The minimum atomic E-state index is 0.316.